The molecule has 0 spiro atoms. The number of benzene rings is 1. The maximum absolute atomic E-state index is 6.19. The predicted octanol–water partition coefficient (Wildman–Crippen LogP) is 3.35. The smallest absolute Gasteiger partial charge is 0.137 e. The molecule has 1 aliphatic rings. The Morgan fingerprint density at radius 2 is 1.60 bits per heavy atom. The van der Waals surface area contributed by atoms with Crippen LogP contribution in [0, 0.1) is 13.8 Å². The molecule has 3 nitrogen and oxygen atoms in total. The van der Waals surface area contributed by atoms with E-state index in [1.165, 1.54) is 11.1 Å². The van der Waals surface area contributed by atoms with E-state index in [9.17, 15) is 0 Å². The normalized spacial score (nSPS) is 14.8. The van der Waals surface area contributed by atoms with Crippen LogP contribution in [0.15, 0.2) is 24.3 Å². The molecule has 2 aromatic rings. The van der Waals surface area contributed by atoms with Crippen molar-refractivity contribution in [2.24, 2.45) is 0 Å². The Morgan fingerprint density at radius 1 is 1.00 bits per heavy atom. The number of nitrogens with zero attached hydrogens (tertiary/aromatic N) is 3. The summed E-state index contributed by atoms with van der Waals surface area (Å²) in [5.74, 6) is 1.72. The lowest BCUT2D eigenvalue weighted by Crippen LogP contribution is -2.28. The Morgan fingerprint density at radius 3 is 2.20 bits per heavy atom. The fraction of sp³-hybridized carbons (Fsp3) is 0.375. The first kappa shape index (κ1) is 13.4. The summed E-state index contributed by atoms with van der Waals surface area (Å²) in [7, 11) is 0. The summed E-state index contributed by atoms with van der Waals surface area (Å²) >= 11 is 6.19. The fourth-order valence-electron chi connectivity index (χ4n) is 2.77. The average Bonchev–Trinajstić information content (AvgIpc) is 2.65. The third-order valence-corrected chi connectivity index (χ3v) is 4.26. The number of hydrogen-bond donors (Lipinski definition) is 0. The number of anilines is 1. The van der Waals surface area contributed by atoms with E-state index >= 15 is 0 Å². The Balaban J connectivity index is 1.91. The van der Waals surface area contributed by atoms with Crippen LogP contribution in [0.2, 0.25) is 5.15 Å². The molecule has 3 rings (SSSR count). The van der Waals surface area contributed by atoms with Gasteiger partial charge in [-0.05, 0) is 37.8 Å². The van der Waals surface area contributed by atoms with Gasteiger partial charge in [-0.25, -0.2) is 9.97 Å². The lowest BCUT2D eigenvalue weighted by Gasteiger charge is -2.23. The minimum Gasteiger partial charge on any atom is -0.356 e. The van der Waals surface area contributed by atoms with Crippen LogP contribution in [0.1, 0.15) is 22.5 Å². The number of rotatable bonds is 1. The van der Waals surface area contributed by atoms with E-state index in [-0.39, 0.29) is 0 Å². The summed E-state index contributed by atoms with van der Waals surface area (Å²) in [6.07, 6.45) is 2.10. The largest absolute Gasteiger partial charge is 0.356 e. The monoisotopic (exact) mass is 287 g/mol. The fourth-order valence-corrected chi connectivity index (χ4v) is 2.97. The molecule has 0 aliphatic carbocycles. The highest BCUT2D eigenvalue weighted by atomic mass is 35.5. The van der Waals surface area contributed by atoms with Crippen LogP contribution in [0.3, 0.4) is 0 Å². The van der Waals surface area contributed by atoms with Crippen molar-refractivity contribution in [3.05, 3.63) is 51.9 Å². The third kappa shape index (κ3) is 2.50. The third-order valence-electron chi connectivity index (χ3n) is 3.89. The van der Waals surface area contributed by atoms with E-state index < -0.39 is 0 Å². The van der Waals surface area contributed by atoms with Crippen LogP contribution < -0.4 is 4.90 Å². The summed E-state index contributed by atoms with van der Waals surface area (Å²) in [4.78, 5) is 11.1. The van der Waals surface area contributed by atoms with Gasteiger partial charge in [-0.3, -0.25) is 0 Å². The second-order valence-corrected chi connectivity index (χ2v) is 5.62. The van der Waals surface area contributed by atoms with Crippen molar-refractivity contribution in [3.8, 4) is 0 Å². The van der Waals surface area contributed by atoms with E-state index in [2.05, 4.69) is 39.1 Å². The average molecular weight is 288 g/mol. The van der Waals surface area contributed by atoms with Crippen molar-refractivity contribution in [2.45, 2.75) is 26.7 Å². The molecular formula is C16H18ClN3. The quantitative estimate of drug-likeness (QED) is 0.753. The zero-order chi connectivity index (χ0) is 14.1. The number of aryl methyl sites for hydroxylation is 1. The molecule has 20 heavy (non-hydrogen) atoms. The maximum Gasteiger partial charge on any atom is 0.137 e. The molecule has 0 amide bonds. The van der Waals surface area contributed by atoms with Crippen LogP contribution >= 0.6 is 11.6 Å². The summed E-state index contributed by atoms with van der Waals surface area (Å²) in [5.41, 5.74) is 3.87. The minimum atomic E-state index is 0.564. The molecule has 0 unspecified atom stereocenters. The number of hydrogen-bond acceptors (Lipinski definition) is 3. The molecule has 4 heteroatoms. The molecule has 0 radical (unpaired) electrons. The van der Waals surface area contributed by atoms with Gasteiger partial charge in [0.2, 0.25) is 0 Å². The second kappa shape index (κ2) is 5.41. The molecule has 1 aromatic carbocycles. The molecule has 1 aromatic heterocycles. The Labute approximate surface area is 124 Å². The number of aromatic nitrogens is 2. The first-order valence-corrected chi connectivity index (χ1v) is 7.35. The number of fused-ring (bicyclic) bond motifs is 1. The summed E-state index contributed by atoms with van der Waals surface area (Å²) in [6, 6.07) is 8.69. The van der Waals surface area contributed by atoms with Crippen molar-refractivity contribution >= 4 is 17.4 Å². The summed E-state index contributed by atoms with van der Waals surface area (Å²) in [5, 5.41) is 0.564. The van der Waals surface area contributed by atoms with E-state index in [0.717, 1.165) is 43.1 Å². The van der Waals surface area contributed by atoms with Gasteiger partial charge in [0, 0.05) is 18.7 Å². The molecule has 0 bridgehead atoms. The van der Waals surface area contributed by atoms with Crippen molar-refractivity contribution < 1.29 is 0 Å². The summed E-state index contributed by atoms with van der Waals surface area (Å²) in [6.45, 7) is 5.84. The second-order valence-electron chi connectivity index (χ2n) is 5.27. The van der Waals surface area contributed by atoms with Gasteiger partial charge in [0.25, 0.3) is 0 Å². The highest BCUT2D eigenvalue weighted by Gasteiger charge is 2.18. The van der Waals surface area contributed by atoms with Crippen molar-refractivity contribution in [2.75, 3.05) is 18.0 Å². The van der Waals surface area contributed by atoms with Gasteiger partial charge >= 0.3 is 0 Å². The number of halogens is 1. The molecular weight excluding hydrogens is 270 g/mol. The zero-order valence-corrected chi connectivity index (χ0v) is 12.6. The molecule has 2 heterocycles. The molecule has 104 valence electrons. The topological polar surface area (TPSA) is 29.0 Å². The Kier molecular flexibility index (Phi) is 3.62. The van der Waals surface area contributed by atoms with E-state index in [4.69, 9.17) is 11.6 Å². The van der Waals surface area contributed by atoms with Crippen LogP contribution in [0.5, 0.6) is 0 Å². The Hall–Kier alpha value is -1.61. The lowest BCUT2D eigenvalue weighted by molar-refractivity contribution is 0.778. The van der Waals surface area contributed by atoms with E-state index in [0.29, 0.717) is 5.15 Å². The predicted molar refractivity (Wildman–Crippen MR) is 82.6 cm³/mol. The molecule has 0 N–H and O–H groups in total. The van der Waals surface area contributed by atoms with Gasteiger partial charge < -0.3 is 4.90 Å². The van der Waals surface area contributed by atoms with Gasteiger partial charge in [-0.2, -0.15) is 0 Å². The summed E-state index contributed by atoms with van der Waals surface area (Å²) < 4.78 is 0. The first-order chi connectivity index (χ1) is 9.65. The van der Waals surface area contributed by atoms with E-state index in [1.54, 1.807) is 0 Å². The Bertz CT molecular complexity index is 613. The van der Waals surface area contributed by atoms with Gasteiger partial charge in [-0.1, -0.05) is 35.9 Å². The maximum atomic E-state index is 6.19. The van der Waals surface area contributed by atoms with Gasteiger partial charge in [-0.15, -0.1) is 0 Å². The highest BCUT2D eigenvalue weighted by molar-refractivity contribution is 6.30. The minimum absolute atomic E-state index is 0.564. The van der Waals surface area contributed by atoms with Crippen LogP contribution in [-0.4, -0.2) is 23.1 Å². The standard InChI is InChI=1S/C16H18ClN3/c1-11-15(17)18-12(2)19-16(11)20-9-7-13-5-3-4-6-14(13)8-10-20/h3-6H,7-10H2,1-2H3. The molecule has 0 fully saturated rings. The van der Waals surface area contributed by atoms with Gasteiger partial charge in [0.15, 0.2) is 0 Å². The van der Waals surface area contributed by atoms with Gasteiger partial charge in [0.1, 0.15) is 16.8 Å². The molecule has 0 saturated carbocycles. The molecule has 0 atom stereocenters. The van der Waals surface area contributed by atoms with E-state index in [1.807, 2.05) is 13.8 Å². The van der Waals surface area contributed by atoms with Crippen LogP contribution in [0.25, 0.3) is 0 Å². The molecule has 1 aliphatic heterocycles. The van der Waals surface area contributed by atoms with Crippen molar-refractivity contribution in [1.29, 1.82) is 0 Å². The van der Waals surface area contributed by atoms with Crippen LogP contribution in [0.4, 0.5) is 5.82 Å². The highest BCUT2D eigenvalue weighted by Crippen LogP contribution is 2.26. The van der Waals surface area contributed by atoms with Crippen molar-refractivity contribution in [3.63, 3.8) is 0 Å². The van der Waals surface area contributed by atoms with Crippen LogP contribution in [-0.2, 0) is 12.8 Å². The van der Waals surface area contributed by atoms with Gasteiger partial charge in [0.05, 0.1) is 0 Å². The zero-order valence-electron chi connectivity index (χ0n) is 11.9. The SMILES string of the molecule is Cc1nc(Cl)c(C)c(N2CCc3ccccc3CC2)n1. The van der Waals surface area contributed by atoms with Crippen molar-refractivity contribution in [1.82, 2.24) is 9.97 Å². The first-order valence-electron chi connectivity index (χ1n) is 6.97. The lowest BCUT2D eigenvalue weighted by atomic mass is 10.0. The molecule has 0 saturated heterocycles.